The second-order valence-corrected chi connectivity index (χ2v) is 13.9. The van der Waals surface area contributed by atoms with Crippen LogP contribution in [-0.2, 0) is 9.59 Å². The van der Waals surface area contributed by atoms with Crippen LogP contribution in [0.5, 0.6) is 17.2 Å². The van der Waals surface area contributed by atoms with Crippen LogP contribution in [0.3, 0.4) is 0 Å². The monoisotopic (exact) mass is 776 g/mol. The van der Waals surface area contributed by atoms with E-state index < -0.39 is 17.1 Å². The number of hydrogen-bond donors (Lipinski definition) is 3. The molecule has 0 aliphatic heterocycles. The Morgan fingerprint density at radius 2 is 1.60 bits per heavy atom. The maximum Gasteiger partial charge on any atom is 0.272 e. The number of rotatable bonds is 14. The molecule has 268 valence electrons. The van der Waals surface area contributed by atoms with E-state index in [1.54, 1.807) is 72.8 Å². The first-order valence-corrected chi connectivity index (χ1v) is 18.3. The van der Waals surface area contributed by atoms with Crippen molar-refractivity contribution in [1.82, 2.24) is 10.3 Å². The first-order valence-electron chi connectivity index (χ1n) is 15.8. The lowest BCUT2D eigenvalue weighted by Crippen LogP contribution is -2.30. The molecule has 5 rings (SSSR count). The molecule has 3 N–H and O–H groups in total. The Hall–Kier alpha value is -5.01. The fourth-order valence-electron chi connectivity index (χ4n) is 4.93. The Morgan fingerprint density at radius 1 is 0.865 bits per heavy atom. The Kier molecular flexibility index (Phi) is 13.2. The summed E-state index contributed by atoms with van der Waals surface area (Å²) >= 11 is 14.9. The summed E-state index contributed by atoms with van der Waals surface area (Å²) in [5.41, 5.74) is 2.77. The minimum absolute atomic E-state index is 0.0318. The van der Waals surface area contributed by atoms with Gasteiger partial charge in [-0.1, -0.05) is 60.5 Å². The van der Waals surface area contributed by atoms with Crippen molar-refractivity contribution in [3.8, 4) is 28.5 Å². The highest BCUT2D eigenvalue weighted by molar-refractivity contribution is 8.00. The van der Waals surface area contributed by atoms with Gasteiger partial charge in [-0.05, 0) is 72.7 Å². The zero-order valence-electron chi connectivity index (χ0n) is 28.5. The third kappa shape index (κ3) is 9.65. The van der Waals surface area contributed by atoms with Crippen molar-refractivity contribution in [1.29, 1.82) is 0 Å². The molecular formula is C38H34Cl2N4O6S2. The Bertz CT molecular complexity index is 2080. The van der Waals surface area contributed by atoms with E-state index >= 15 is 0 Å². The number of carbonyl (C=O) groups excluding carboxylic acids is 3. The molecule has 0 fully saturated rings. The fourth-order valence-corrected chi connectivity index (χ4v) is 6.96. The van der Waals surface area contributed by atoms with Crippen LogP contribution in [0.1, 0.15) is 29.3 Å². The zero-order valence-corrected chi connectivity index (χ0v) is 31.6. The largest absolute Gasteiger partial charge is 0.493 e. The average molecular weight is 778 g/mol. The molecule has 0 radical (unpaired) electrons. The van der Waals surface area contributed by atoms with E-state index in [4.69, 9.17) is 37.4 Å². The summed E-state index contributed by atoms with van der Waals surface area (Å²) in [5.74, 6) is -0.122. The SMILES string of the molecule is CCC(Sc1cccc(NC(=O)/C(=C\c2cc(OC)c(OC)c(OC)c2)NC(=O)c2ccccc2)c1)C(=O)Nc1nc(-c2ccc(Cl)c(Cl)c2)cs1. The highest BCUT2D eigenvalue weighted by Gasteiger charge is 2.21. The van der Waals surface area contributed by atoms with Crippen molar-refractivity contribution in [3.63, 3.8) is 0 Å². The number of ether oxygens (including phenoxy) is 3. The summed E-state index contributed by atoms with van der Waals surface area (Å²) in [6.45, 7) is 1.92. The molecule has 4 aromatic carbocycles. The summed E-state index contributed by atoms with van der Waals surface area (Å²) in [6, 6.07) is 24.2. The van der Waals surface area contributed by atoms with Crippen LogP contribution >= 0.6 is 46.3 Å². The molecule has 1 aromatic heterocycles. The molecule has 14 heteroatoms. The molecule has 52 heavy (non-hydrogen) atoms. The summed E-state index contributed by atoms with van der Waals surface area (Å²) in [7, 11) is 4.47. The number of amides is 3. The predicted molar refractivity (Wildman–Crippen MR) is 209 cm³/mol. The lowest BCUT2D eigenvalue weighted by atomic mass is 10.1. The molecule has 1 unspecified atom stereocenters. The summed E-state index contributed by atoms with van der Waals surface area (Å²) in [6.07, 6.45) is 2.05. The molecule has 0 bridgehead atoms. The lowest BCUT2D eigenvalue weighted by Gasteiger charge is -2.16. The van der Waals surface area contributed by atoms with Gasteiger partial charge in [-0.3, -0.25) is 14.4 Å². The smallest absolute Gasteiger partial charge is 0.272 e. The van der Waals surface area contributed by atoms with E-state index in [1.165, 1.54) is 50.5 Å². The normalized spacial score (nSPS) is 11.7. The van der Waals surface area contributed by atoms with Gasteiger partial charge in [0.2, 0.25) is 11.7 Å². The van der Waals surface area contributed by atoms with Crippen LogP contribution in [0, 0.1) is 0 Å². The topological polar surface area (TPSA) is 128 Å². The van der Waals surface area contributed by atoms with Gasteiger partial charge in [0.1, 0.15) is 5.70 Å². The summed E-state index contributed by atoms with van der Waals surface area (Å²) < 4.78 is 16.4. The van der Waals surface area contributed by atoms with Gasteiger partial charge in [0.25, 0.3) is 11.8 Å². The Labute approximate surface area is 319 Å². The molecule has 10 nitrogen and oxygen atoms in total. The van der Waals surface area contributed by atoms with Gasteiger partial charge in [0.15, 0.2) is 16.6 Å². The van der Waals surface area contributed by atoms with Crippen LogP contribution in [0.25, 0.3) is 17.3 Å². The van der Waals surface area contributed by atoms with E-state index in [0.717, 1.165) is 10.5 Å². The second-order valence-electron chi connectivity index (χ2n) is 11.0. The van der Waals surface area contributed by atoms with Crippen LogP contribution in [0.4, 0.5) is 10.8 Å². The van der Waals surface area contributed by atoms with E-state index in [-0.39, 0.29) is 11.6 Å². The van der Waals surface area contributed by atoms with E-state index in [1.807, 2.05) is 24.4 Å². The summed E-state index contributed by atoms with van der Waals surface area (Å²) in [5, 5.41) is 11.2. The quantitative estimate of drug-likeness (QED) is 0.0753. The number of methoxy groups -OCH3 is 3. The number of hydrogen-bond acceptors (Lipinski definition) is 9. The average Bonchev–Trinajstić information content (AvgIpc) is 3.62. The van der Waals surface area contributed by atoms with Gasteiger partial charge >= 0.3 is 0 Å². The molecule has 1 heterocycles. The van der Waals surface area contributed by atoms with Gasteiger partial charge < -0.3 is 30.2 Å². The standard InChI is InChI=1S/C38H34Cl2N4O6S2/c1-5-33(37(47)44-38-43-30(21-51-38)24-14-15-27(39)28(40)19-24)52-26-13-9-12-25(20-26)41-36(46)29(42-35(45)23-10-7-6-8-11-23)16-22-17-31(48-2)34(50-4)32(18-22)49-3/h6-21,33H,5H2,1-4H3,(H,41,46)(H,42,45)(H,43,44,47)/b29-16+. The molecule has 5 aromatic rings. The van der Waals surface area contributed by atoms with Crippen molar-refractivity contribution in [2.45, 2.75) is 23.5 Å². The van der Waals surface area contributed by atoms with Crippen LogP contribution in [0.2, 0.25) is 10.0 Å². The third-order valence-corrected chi connectivity index (χ3v) is 10.4. The molecule has 0 aliphatic rings. The number of aromatic nitrogens is 1. The van der Waals surface area contributed by atoms with E-state index in [2.05, 4.69) is 20.9 Å². The van der Waals surface area contributed by atoms with Gasteiger partial charge in [0.05, 0.1) is 42.3 Å². The number of nitrogens with zero attached hydrogens (tertiary/aromatic N) is 1. The minimum atomic E-state index is -0.577. The van der Waals surface area contributed by atoms with Crippen molar-refractivity contribution < 1.29 is 28.6 Å². The number of benzene rings is 4. The molecule has 1 atom stereocenters. The van der Waals surface area contributed by atoms with E-state index in [0.29, 0.717) is 61.4 Å². The van der Waals surface area contributed by atoms with Crippen molar-refractivity contribution in [2.75, 3.05) is 32.0 Å². The Morgan fingerprint density at radius 3 is 2.25 bits per heavy atom. The molecule has 0 saturated carbocycles. The second kappa shape index (κ2) is 18.0. The molecular weight excluding hydrogens is 743 g/mol. The highest BCUT2D eigenvalue weighted by Crippen LogP contribution is 2.39. The molecule has 3 amide bonds. The van der Waals surface area contributed by atoms with E-state index in [9.17, 15) is 14.4 Å². The Balaban J connectivity index is 1.33. The van der Waals surface area contributed by atoms with Crippen LogP contribution < -0.4 is 30.2 Å². The van der Waals surface area contributed by atoms with Gasteiger partial charge in [-0.2, -0.15) is 0 Å². The highest BCUT2D eigenvalue weighted by atomic mass is 35.5. The first-order chi connectivity index (χ1) is 25.1. The molecule has 0 saturated heterocycles. The number of anilines is 2. The maximum absolute atomic E-state index is 13.8. The number of thiazole rings is 1. The fraction of sp³-hybridized carbons (Fsp3) is 0.158. The lowest BCUT2D eigenvalue weighted by molar-refractivity contribution is -0.116. The number of carbonyl (C=O) groups is 3. The molecule has 0 aliphatic carbocycles. The number of halogens is 2. The third-order valence-electron chi connectivity index (χ3n) is 7.51. The number of nitrogens with one attached hydrogen (secondary N) is 3. The van der Waals surface area contributed by atoms with Gasteiger partial charge in [-0.15, -0.1) is 23.1 Å². The van der Waals surface area contributed by atoms with Gasteiger partial charge in [-0.25, -0.2) is 4.98 Å². The first kappa shape index (κ1) is 38.2. The summed E-state index contributed by atoms with van der Waals surface area (Å²) in [4.78, 5) is 45.6. The maximum atomic E-state index is 13.8. The van der Waals surface area contributed by atoms with Crippen molar-refractivity contribution in [3.05, 3.63) is 117 Å². The van der Waals surface area contributed by atoms with Crippen LogP contribution in [-0.4, -0.2) is 49.3 Å². The minimum Gasteiger partial charge on any atom is -0.493 e. The van der Waals surface area contributed by atoms with Crippen LogP contribution in [0.15, 0.2) is 101 Å². The van der Waals surface area contributed by atoms with Crippen molar-refractivity contribution >= 4 is 80.9 Å². The number of thioether (sulfide) groups is 1. The van der Waals surface area contributed by atoms with Gasteiger partial charge in [0, 0.05) is 27.1 Å². The predicted octanol–water partition coefficient (Wildman–Crippen LogP) is 9.06. The molecule has 0 spiro atoms. The zero-order chi connectivity index (χ0) is 37.2. The van der Waals surface area contributed by atoms with Crippen molar-refractivity contribution in [2.24, 2.45) is 0 Å².